The molecule has 0 spiro atoms. The van der Waals surface area contributed by atoms with Crippen molar-refractivity contribution in [1.82, 2.24) is 5.32 Å². The number of hydrogen-bond donors (Lipinski definition) is 2. The maximum atomic E-state index is 12.2. The zero-order valence-corrected chi connectivity index (χ0v) is 11.6. The van der Waals surface area contributed by atoms with Crippen LogP contribution in [0.4, 0.5) is 0 Å². The monoisotopic (exact) mass is 272 g/mol. The van der Waals surface area contributed by atoms with Crippen LogP contribution < -0.4 is 11.1 Å². The predicted octanol–water partition coefficient (Wildman–Crippen LogP) is 2.47. The van der Waals surface area contributed by atoms with E-state index in [2.05, 4.69) is 5.32 Å². The predicted molar refractivity (Wildman–Crippen MR) is 78.0 cm³/mol. The van der Waals surface area contributed by atoms with Crippen LogP contribution in [0.5, 0.6) is 0 Å². The lowest BCUT2D eigenvalue weighted by Crippen LogP contribution is -2.34. The Bertz CT molecular complexity index is 523. The van der Waals surface area contributed by atoms with Crippen LogP contribution in [0.2, 0.25) is 0 Å². The molecule has 0 aliphatic carbocycles. The van der Waals surface area contributed by atoms with Gasteiger partial charge in [0, 0.05) is 5.92 Å². The average molecular weight is 272 g/mol. The Balaban J connectivity index is 2.18. The zero-order chi connectivity index (χ0) is 14.4. The molecule has 0 fully saturated rings. The SMILES string of the molecule is CC(CCN)C(=O)NC(c1ccccc1)c1ccco1. The van der Waals surface area contributed by atoms with Gasteiger partial charge >= 0.3 is 0 Å². The summed E-state index contributed by atoms with van der Waals surface area (Å²) in [4.78, 5) is 12.2. The molecule has 2 unspecified atom stereocenters. The van der Waals surface area contributed by atoms with Crippen LogP contribution in [0.1, 0.15) is 30.7 Å². The fraction of sp³-hybridized carbons (Fsp3) is 0.312. The van der Waals surface area contributed by atoms with E-state index in [1.54, 1.807) is 6.26 Å². The van der Waals surface area contributed by atoms with E-state index in [1.165, 1.54) is 0 Å². The van der Waals surface area contributed by atoms with E-state index in [-0.39, 0.29) is 17.9 Å². The second-order valence-corrected chi connectivity index (χ2v) is 4.85. The van der Waals surface area contributed by atoms with Gasteiger partial charge in [0.1, 0.15) is 11.8 Å². The number of amides is 1. The van der Waals surface area contributed by atoms with E-state index in [0.717, 1.165) is 11.3 Å². The van der Waals surface area contributed by atoms with Crippen molar-refractivity contribution in [2.75, 3.05) is 6.54 Å². The van der Waals surface area contributed by atoms with E-state index in [0.29, 0.717) is 13.0 Å². The van der Waals surface area contributed by atoms with Gasteiger partial charge in [0.15, 0.2) is 0 Å². The Morgan fingerprint density at radius 3 is 2.60 bits per heavy atom. The smallest absolute Gasteiger partial charge is 0.223 e. The van der Waals surface area contributed by atoms with Gasteiger partial charge in [-0.2, -0.15) is 0 Å². The van der Waals surface area contributed by atoms with Crippen molar-refractivity contribution in [2.45, 2.75) is 19.4 Å². The van der Waals surface area contributed by atoms with E-state index in [1.807, 2.05) is 49.4 Å². The Morgan fingerprint density at radius 1 is 1.25 bits per heavy atom. The van der Waals surface area contributed by atoms with E-state index >= 15 is 0 Å². The molecule has 4 nitrogen and oxygen atoms in total. The molecular weight excluding hydrogens is 252 g/mol. The van der Waals surface area contributed by atoms with E-state index in [4.69, 9.17) is 10.2 Å². The maximum absolute atomic E-state index is 12.2. The molecule has 2 aromatic rings. The van der Waals surface area contributed by atoms with Gasteiger partial charge < -0.3 is 15.5 Å². The summed E-state index contributed by atoms with van der Waals surface area (Å²) in [5.41, 5.74) is 6.50. The number of carbonyl (C=O) groups is 1. The lowest BCUT2D eigenvalue weighted by molar-refractivity contribution is -0.125. The van der Waals surface area contributed by atoms with E-state index < -0.39 is 0 Å². The molecule has 1 amide bonds. The largest absolute Gasteiger partial charge is 0.467 e. The average Bonchev–Trinajstić information content (AvgIpc) is 2.99. The molecule has 20 heavy (non-hydrogen) atoms. The highest BCUT2D eigenvalue weighted by Crippen LogP contribution is 2.23. The fourth-order valence-corrected chi connectivity index (χ4v) is 2.09. The van der Waals surface area contributed by atoms with Crippen LogP contribution in [0.15, 0.2) is 53.1 Å². The van der Waals surface area contributed by atoms with E-state index in [9.17, 15) is 4.79 Å². The van der Waals surface area contributed by atoms with Gasteiger partial charge in [-0.05, 0) is 30.7 Å². The van der Waals surface area contributed by atoms with Gasteiger partial charge in [0.25, 0.3) is 0 Å². The highest BCUT2D eigenvalue weighted by atomic mass is 16.3. The molecule has 2 rings (SSSR count). The summed E-state index contributed by atoms with van der Waals surface area (Å²) in [5, 5.41) is 3.03. The first kappa shape index (κ1) is 14.3. The van der Waals surface area contributed by atoms with Gasteiger partial charge in [0.05, 0.1) is 6.26 Å². The van der Waals surface area contributed by atoms with Gasteiger partial charge in [-0.3, -0.25) is 4.79 Å². The first-order chi connectivity index (χ1) is 9.72. The first-order valence-electron chi connectivity index (χ1n) is 6.81. The number of rotatable bonds is 6. The molecule has 1 aromatic carbocycles. The molecule has 106 valence electrons. The van der Waals surface area contributed by atoms with Gasteiger partial charge in [0.2, 0.25) is 5.91 Å². The molecule has 2 atom stereocenters. The molecular formula is C16H20N2O2. The number of hydrogen-bond acceptors (Lipinski definition) is 3. The van der Waals surface area contributed by atoms with Crippen LogP contribution in [0.3, 0.4) is 0 Å². The molecule has 4 heteroatoms. The lowest BCUT2D eigenvalue weighted by atomic mass is 10.0. The van der Waals surface area contributed by atoms with Crippen LogP contribution in [-0.4, -0.2) is 12.5 Å². The van der Waals surface area contributed by atoms with Crippen molar-refractivity contribution in [1.29, 1.82) is 0 Å². The molecule has 0 saturated carbocycles. The number of furan rings is 1. The van der Waals surface area contributed by atoms with Crippen LogP contribution >= 0.6 is 0 Å². The minimum Gasteiger partial charge on any atom is -0.467 e. The Kier molecular flexibility index (Phi) is 4.96. The Labute approximate surface area is 119 Å². The summed E-state index contributed by atoms with van der Waals surface area (Å²) in [6, 6.07) is 13.2. The minimum atomic E-state index is -0.265. The first-order valence-corrected chi connectivity index (χ1v) is 6.81. The third kappa shape index (κ3) is 3.48. The van der Waals surface area contributed by atoms with Crippen molar-refractivity contribution in [2.24, 2.45) is 11.7 Å². The minimum absolute atomic E-state index is 0.0132. The topological polar surface area (TPSA) is 68.3 Å². The summed E-state index contributed by atoms with van der Waals surface area (Å²) in [6.07, 6.45) is 2.28. The second kappa shape index (κ2) is 6.91. The number of nitrogens with two attached hydrogens (primary N) is 1. The lowest BCUT2D eigenvalue weighted by Gasteiger charge is -2.19. The molecule has 1 heterocycles. The van der Waals surface area contributed by atoms with Crippen molar-refractivity contribution in [3.8, 4) is 0 Å². The highest BCUT2D eigenvalue weighted by Gasteiger charge is 2.21. The summed E-state index contributed by atoms with van der Waals surface area (Å²) >= 11 is 0. The molecule has 0 aliphatic rings. The molecule has 0 bridgehead atoms. The zero-order valence-electron chi connectivity index (χ0n) is 11.6. The molecule has 0 aliphatic heterocycles. The fourth-order valence-electron chi connectivity index (χ4n) is 2.09. The highest BCUT2D eigenvalue weighted by molar-refractivity contribution is 5.79. The molecule has 1 aromatic heterocycles. The molecule has 0 saturated heterocycles. The summed E-state index contributed by atoms with van der Waals surface area (Å²) in [6.45, 7) is 2.39. The van der Waals surface area contributed by atoms with Crippen molar-refractivity contribution >= 4 is 5.91 Å². The summed E-state index contributed by atoms with van der Waals surface area (Å²) in [5.74, 6) is 0.603. The van der Waals surface area contributed by atoms with Gasteiger partial charge in [-0.25, -0.2) is 0 Å². The Hall–Kier alpha value is -2.07. The third-order valence-corrected chi connectivity index (χ3v) is 3.29. The quantitative estimate of drug-likeness (QED) is 0.848. The summed E-state index contributed by atoms with van der Waals surface area (Å²) in [7, 11) is 0. The van der Waals surface area contributed by atoms with Gasteiger partial charge in [-0.15, -0.1) is 0 Å². The maximum Gasteiger partial charge on any atom is 0.223 e. The normalized spacial score (nSPS) is 13.7. The number of benzene rings is 1. The van der Waals surface area contributed by atoms with Crippen LogP contribution in [0, 0.1) is 5.92 Å². The number of carbonyl (C=O) groups excluding carboxylic acids is 1. The van der Waals surface area contributed by atoms with Crippen molar-refractivity contribution in [3.63, 3.8) is 0 Å². The third-order valence-electron chi connectivity index (χ3n) is 3.29. The van der Waals surface area contributed by atoms with Gasteiger partial charge in [-0.1, -0.05) is 37.3 Å². The summed E-state index contributed by atoms with van der Waals surface area (Å²) < 4.78 is 5.45. The van der Waals surface area contributed by atoms with Crippen molar-refractivity contribution < 1.29 is 9.21 Å². The second-order valence-electron chi connectivity index (χ2n) is 4.85. The Morgan fingerprint density at radius 2 is 2.00 bits per heavy atom. The standard InChI is InChI=1S/C16H20N2O2/c1-12(9-10-17)16(19)18-15(14-8-5-11-20-14)13-6-3-2-4-7-13/h2-8,11-12,15H,9-10,17H2,1H3,(H,18,19). The molecule has 3 N–H and O–H groups in total. The molecule has 0 radical (unpaired) electrons. The van der Waals surface area contributed by atoms with Crippen molar-refractivity contribution in [3.05, 3.63) is 60.1 Å². The van der Waals surface area contributed by atoms with Crippen LogP contribution in [0.25, 0.3) is 0 Å². The van der Waals surface area contributed by atoms with Crippen LogP contribution in [-0.2, 0) is 4.79 Å². The number of nitrogens with one attached hydrogen (secondary N) is 1.